The van der Waals surface area contributed by atoms with Crippen molar-refractivity contribution >= 4 is 21.6 Å². The van der Waals surface area contributed by atoms with E-state index in [0.29, 0.717) is 17.2 Å². The van der Waals surface area contributed by atoms with Gasteiger partial charge in [-0.2, -0.15) is 0 Å². The van der Waals surface area contributed by atoms with Crippen LogP contribution in [-0.2, 0) is 22.3 Å². The Morgan fingerprint density at radius 2 is 2.07 bits per heavy atom. The summed E-state index contributed by atoms with van der Waals surface area (Å²) in [7, 11) is -1.98. The molecule has 5 heteroatoms. The Hall–Kier alpha value is -0.580. The van der Waals surface area contributed by atoms with Crippen LogP contribution >= 0.6 is 11.6 Å². The van der Waals surface area contributed by atoms with Gasteiger partial charge in [-0.25, -0.2) is 13.1 Å². The summed E-state index contributed by atoms with van der Waals surface area (Å²) in [6, 6.07) is 5.28. The summed E-state index contributed by atoms with van der Waals surface area (Å²) in [5.41, 5.74) is 1.61. The Bertz CT molecular complexity index is 443. The number of hydrogen-bond acceptors (Lipinski definition) is 2. The second-order valence-corrected chi connectivity index (χ2v) is 5.26. The third-order valence-corrected chi connectivity index (χ3v) is 4.03. The van der Waals surface area contributed by atoms with Crippen molar-refractivity contribution in [3.8, 4) is 0 Å². The summed E-state index contributed by atoms with van der Waals surface area (Å²) in [5, 5.41) is 0. The molecule has 0 radical (unpaired) electrons. The number of hydrogen-bond donors (Lipinski definition) is 1. The van der Waals surface area contributed by atoms with Crippen molar-refractivity contribution < 1.29 is 8.42 Å². The fourth-order valence-electron chi connectivity index (χ4n) is 1.33. The van der Waals surface area contributed by atoms with Gasteiger partial charge in [0.15, 0.2) is 0 Å². The predicted molar refractivity (Wildman–Crippen MR) is 61.6 cm³/mol. The standard InChI is InChI=1S/C10H14ClNO2S/c1-3-9-5-4-8(7-11)6-10(9)15(13,14)12-2/h4-6,12H,3,7H2,1-2H3. The minimum absolute atomic E-state index is 0.316. The molecule has 1 rings (SSSR count). The molecule has 0 amide bonds. The predicted octanol–water partition coefficient (Wildman–Crippen LogP) is 1.90. The Labute approximate surface area is 95.5 Å². The summed E-state index contributed by atoms with van der Waals surface area (Å²) >= 11 is 5.67. The number of alkyl halides is 1. The molecule has 0 aliphatic carbocycles. The van der Waals surface area contributed by atoms with E-state index >= 15 is 0 Å². The van der Waals surface area contributed by atoms with Crippen LogP contribution in [0.25, 0.3) is 0 Å². The summed E-state index contributed by atoms with van der Waals surface area (Å²) < 4.78 is 25.7. The summed E-state index contributed by atoms with van der Waals surface area (Å²) in [4.78, 5) is 0.325. The molecular formula is C10H14ClNO2S. The van der Waals surface area contributed by atoms with Crippen LogP contribution in [0.2, 0.25) is 0 Å². The van der Waals surface area contributed by atoms with Crippen LogP contribution in [0, 0.1) is 0 Å². The van der Waals surface area contributed by atoms with Gasteiger partial charge in [0.1, 0.15) is 0 Å². The van der Waals surface area contributed by atoms with Gasteiger partial charge in [-0.15, -0.1) is 11.6 Å². The molecule has 0 atom stereocenters. The van der Waals surface area contributed by atoms with Gasteiger partial charge in [0.2, 0.25) is 10.0 Å². The first-order valence-electron chi connectivity index (χ1n) is 4.66. The van der Waals surface area contributed by atoms with Crippen molar-refractivity contribution in [2.75, 3.05) is 7.05 Å². The van der Waals surface area contributed by atoms with Crippen molar-refractivity contribution in [1.29, 1.82) is 0 Å². The average Bonchev–Trinajstić information content (AvgIpc) is 2.28. The minimum atomic E-state index is -3.38. The maximum atomic E-state index is 11.7. The zero-order valence-electron chi connectivity index (χ0n) is 8.75. The Balaban J connectivity index is 3.36. The minimum Gasteiger partial charge on any atom is -0.214 e. The van der Waals surface area contributed by atoms with Crippen LogP contribution in [0.15, 0.2) is 23.1 Å². The van der Waals surface area contributed by atoms with E-state index in [1.54, 1.807) is 6.07 Å². The fraction of sp³-hybridized carbons (Fsp3) is 0.400. The molecule has 0 unspecified atom stereocenters. The molecule has 0 heterocycles. The topological polar surface area (TPSA) is 46.2 Å². The maximum absolute atomic E-state index is 11.7. The SMILES string of the molecule is CCc1ccc(CCl)cc1S(=O)(=O)NC. The van der Waals surface area contributed by atoms with Crippen molar-refractivity contribution in [2.45, 2.75) is 24.1 Å². The van der Waals surface area contributed by atoms with E-state index in [1.807, 2.05) is 19.1 Å². The van der Waals surface area contributed by atoms with Crippen molar-refractivity contribution in [3.63, 3.8) is 0 Å². The molecule has 0 aromatic heterocycles. The summed E-state index contributed by atoms with van der Waals surface area (Å²) in [6.45, 7) is 1.92. The molecule has 1 aromatic rings. The van der Waals surface area contributed by atoms with E-state index in [0.717, 1.165) is 11.1 Å². The Morgan fingerprint density at radius 3 is 2.53 bits per heavy atom. The molecule has 0 aliphatic heterocycles. The number of rotatable bonds is 4. The molecule has 0 bridgehead atoms. The van der Waals surface area contributed by atoms with E-state index in [9.17, 15) is 8.42 Å². The van der Waals surface area contributed by atoms with Gasteiger partial charge in [-0.1, -0.05) is 19.1 Å². The maximum Gasteiger partial charge on any atom is 0.240 e. The summed E-state index contributed by atoms with van der Waals surface area (Å²) in [5.74, 6) is 0.316. The van der Waals surface area contributed by atoms with E-state index in [4.69, 9.17) is 11.6 Å². The van der Waals surface area contributed by atoms with Crippen LogP contribution < -0.4 is 4.72 Å². The van der Waals surface area contributed by atoms with Crippen LogP contribution in [0.3, 0.4) is 0 Å². The largest absolute Gasteiger partial charge is 0.240 e. The van der Waals surface area contributed by atoms with E-state index < -0.39 is 10.0 Å². The van der Waals surface area contributed by atoms with Crippen molar-refractivity contribution in [2.24, 2.45) is 0 Å². The van der Waals surface area contributed by atoms with E-state index in [2.05, 4.69) is 4.72 Å². The molecular weight excluding hydrogens is 234 g/mol. The molecule has 0 saturated carbocycles. The molecule has 15 heavy (non-hydrogen) atoms. The van der Waals surface area contributed by atoms with Gasteiger partial charge in [0.05, 0.1) is 4.90 Å². The summed E-state index contributed by atoms with van der Waals surface area (Å²) in [6.07, 6.45) is 0.679. The zero-order chi connectivity index (χ0) is 11.5. The molecule has 1 N–H and O–H groups in total. The second-order valence-electron chi connectivity index (χ2n) is 3.14. The third kappa shape index (κ3) is 2.71. The van der Waals surface area contributed by atoms with Gasteiger partial charge < -0.3 is 0 Å². The molecule has 84 valence electrons. The first-order valence-corrected chi connectivity index (χ1v) is 6.68. The lowest BCUT2D eigenvalue weighted by Crippen LogP contribution is -2.20. The number of benzene rings is 1. The monoisotopic (exact) mass is 247 g/mol. The fourth-order valence-corrected chi connectivity index (χ4v) is 2.58. The smallest absolute Gasteiger partial charge is 0.214 e. The molecule has 0 spiro atoms. The lowest BCUT2D eigenvalue weighted by molar-refractivity contribution is 0.587. The second kappa shape index (κ2) is 4.96. The van der Waals surface area contributed by atoms with E-state index in [-0.39, 0.29) is 0 Å². The molecule has 0 fully saturated rings. The first-order chi connectivity index (χ1) is 7.05. The van der Waals surface area contributed by atoms with Crippen LogP contribution in [0.4, 0.5) is 0 Å². The number of sulfonamides is 1. The Morgan fingerprint density at radius 1 is 1.40 bits per heavy atom. The van der Waals surface area contributed by atoms with Crippen molar-refractivity contribution in [1.82, 2.24) is 4.72 Å². The van der Waals surface area contributed by atoms with Crippen LogP contribution in [0.5, 0.6) is 0 Å². The molecule has 0 aliphatic rings. The molecule has 0 saturated heterocycles. The Kier molecular flexibility index (Phi) is 4.13. The number of aryl methyl sites for hydroxylation is 1. The van der Waals surface area contributed by atoms with Gasteiger partial charge in [0.25, 0.3) is 0 Å². The van der Waals surface area contributed by atoms with E-state index in [1.165, 1.54) is 7.05 Å². The number of nitrogens with one attached hydrogen (secondary N) is 1. The van der Waals surface area contributed by atoms with Crippen molar-refractivity contribution in [3.05, 3.63) is 29.3 Å². The first kappa shape index (κ1) is 12.5. The van der Waals surface area contributed by atoms with Gasteiger partial charge in [-0.05, 0) is 30.7 Å². The highest BCUT2D eigenvalue weighted by Gasteiger charge is 2.15. The quantitative estimate of drug-likeness (QED) is 0.826. The molecule has 1 aromatic carbocycles. The zero-order valence-corrected chi connectivity index (χ0v) is 10.3. The number of halogens is 1. The highest BCUT2D eigenvalue weighted by molar-refractivity contribution is 7.89. The molecule has 3 nitrogen and oxygen atoms in total. The van der Waals surface area contributed by atoms with Gasteiger partial charge in [-0.3, -0.25) is 0 Å². The highest BCUT2D eigenvalue weighted by Crippen LogP contribution is 2.19. The average molecular weight is 248 g/mol. The lowest BCUT2D eigenvalue weighted by Gasteiger charge is -2.09. The van der Waals surface area contributed by atoms with Gasteiger partial charge in [0, 0.05) is 5.88 Å². The normalized spacial score (nSPS) is 11.7. The van der Waals surface area contributed by atoms with Crippen LogP contribution in [0.1, 0.15) is 18.1 Å². The highest BCUT2D eigenvalue weighted by atomic mass is 35.5. The van der Waals surface area contributed by atoms with Crippen LogP contribution in [-0.4, -0.2) is 15.5 Å². The third-order valence-electron chi connectivity index (χ3n) is 2.23. The van der Waals surface area contributed by atoms with Gasteiger partial charge >= 0.3 is 0 Å². The lowest BCUT2D eigenvalue weighted by atomic mass is 10.1.